The molecular formula is C10H18O3. The second kappa shape index (κ2) is 3.66. The summed E-state index contributed by atoms with van der Waals surface area (Å²) in [7, 11) is 0. The number of hydrogen-bond acceptors (Lipinski definition) is 3. The predicted octanol–water partition coefficient (Wildman–Crippen LogP) is 1.75. The van der Waals surface area contributed by atoms with Crippen molar-refractivity contribution in [1.82, 2.24) is 0 Å². The van der Waals surface area contributed by atoms with Gasteiger partial charge in [0, 0.05) is 0 Å². The van der Waals surface area contributed by atoms with E-state index >= 15 is 0 Å². The molecule has 0 amide bonds. The van der Waals surface area contributed by atoms with Gasteiger partial charge in [-0.25, -0.2) is 4.79 Å². The van der Waals surface area contributed by atoms with Gasteiger partial charge in [-0.2, -0.15) is 0 Å². The number of ether oxygens (including phenoxy) is 2. The molecule has 0 radical (unpaired) electrons. The molecule has 76 valence electrons. The summed E-state index contributed by atoms with van der Waals surface area (Å²) in [5, 5.41) is 0. The molecule has 1 fully saturated rings. The number of rotatable bonds is 4. The average molecular weight is 186 g/mol. The van der Waals surface area contributed by atoms with Crippen molar-refractivity contribution in [1.29, 1.82) is 0 Å². The second-order valence-electron chi connectivity index (χ2n) is 4.16. The Labute approximate surface area is 79.4 Å². The molecule has 0 saturated carbocycles. The average Bonchev–Trinajstić information content (AvgIpc) is 2.60. The molecule has 13 heavy (non-hydrogen) atoms. The van der Waals surface area contributed by atoms with Gasteiger partial charge in [0.2, 0.25) is 0 Å². The van der Waals surface area contributed by atoms with Crippen molar-refractivity contribution in [3.05, 3.63) is 0 Å². The molecule has 1 heterocycles. The van der Waals surface area contributed by atoms with Crippen molar-refractivity contribution in [2.24, 2.45) is 5.92 Å². The fourth-order valence-corrected chi connectivity index (χ4v) is 1.72. The van der Waals surface area contributed by atoms with Crippen LogP contribution >= 0.6 is 0 Å². The van der Waals surface area contributed by atoms with Gasteiger partial charge in [0.05, 0.1) is 6.61 Å². The fraction of sp³-hybridized carbons (Fsp3) is 0.900. The third kappa shape index (κ3) is 2.44. The van der Waals surface area contributed by atoms with Crippen LogP contribution in [-0.2, 0) is 14.3 Å². The van der Waals surface area contributed by atoms with Crippen molar-refractivity contribution in [2.75, 3.05) is 6.61 Å². The first kappa shape index (κ1) is 10.5. The summed E-state index contributed by atoms with van der Waals surface area (Å²) in [6, 6.07) is 0. The number of epoxide rings is 1. The lowest BCUT2D eigenvalue weighted by Gasteiger charge is -2.08. The molecule has 1 aliphatic rings. The lowest BCUT2D eigenvalue weighted by molar-refractivity contribution is -0.144. The van der Waals surface area contributed by atoms with E-state index in [1.54, 1.807) is 6.92 Å². The van der Waals surface area contributed by atoms with Crippen molar-refractivity contribution in [3.63, 3.8) is 0 Å². The van der Waals surface area contributed by atoms with E-state index < -0.39 is 0 Å². The predicted molar refractivity (Wildman–Crippen MR) is 49.4 cm³/mol. The summed E-state index contributed by atoms with van der Waals surface area (Å²) in [4.78, 5) is 11.3. The van der Waals surface area contributed by atoms with Crippen LogP contribution in [0.15, 0.2) is 0 Å². The van der Waals surface area contributed by atoms with Crippen molar-refractivity contribution in [2.45, 2.75) is 45.8 Å². The Morgan fingerprint density at radius 3 is 2.69 bits per heavy atom. The minimum atomic E-state index is -0.324. The summed E-state index contributed by atoms with van der Waals surface area (Å²) in [5.41, 5.74) is -0.263. The minimum absolute atomic E-state index is 0.217. The van der Waals surface area contributed by atoms with Crippen LogP contribution in [0.4, 0.5) is 0 Å². The highest BCUT2D eigenvalue weighted by Gasteiger charge is 2.57. The van der Waals surface area contributed by atoms with Gasteiger partial charge in [-0.3, -0.25) is 0 Å². The third-order valence-electron chi connectivity index (χ3n) is 2.20. The number of hydrogen-bond donors (Lipinski definition) is 0. The monoisotopic (exact) mass is 186 g/mol. The molecule has 0 aromatic heterocycles. The maximum absolute atomic E-state index is 11.3. The molecule has 3 nitrogen and oxygen atoms in total. The van der Waals surface area contributed by atoms with Gasteiger partial charge in [0.25, 0.3) is 0 Å². The van der Waals surface area contributed by atoms with Crippen LogP contribution in [0.25, 0.3) is 0 Å². The molecule has 0 N–H and O–H groups in total. The SMILES string of the molecule is CCOC(=O)[C@H]1O[C@]1(C)CC(C)C. The third-order valence-corrected chi connectivity index (χ3v) is 2.20. The van der Waals surface area contributed by atoms with E-state index in [2.05, 4.69) is 13.8 Å². The highest BCUT2D eigenvalue weighted by atomic mass is 16.7. The van der Waals surface area contributed by atoms with Crippen LogP contribution in [-0.4, -0.2) is 24.3 Å². The first-order valence-electron chi connectivity index (χ1n) is 4.84. The van der Waals surface area contributed by atoms with E-state index in [-0.39, 0.29) is 17.7 Å². The minimum Gasteiger partial charge on any atom is -0.464 e. The summed E-state index contributed by atoms with van der Waals surface area (Å²) < 4.78 is 10.2. The Morgan fingerprint density at radius 1 is 1.62 bits per heavy atom. The molecule has 0 bridgehead atoms. The zero-order valence-corrected chi connectivity index (χ0v) is 8.79. The van der Waals surface area contributed by atoms with E-state index in [4.69, 9.17) is 9.47 Å². The molecule has 0 aromatic rings. The molecule has 0 unspecified atom stereocenters. The van der Waals surface area contributed by atoms with Crippen LogP contribution in [0.5, 0.6) is 0 Å². The van der Waals surface area contributed by atoms with Crippen LogP contribution < -0.4 is 0 Å². The highest BCUT2D eigenvalue weighted by Crippen LogP contribution is 2.42. The van der Waals surface area contributed by atoms with Gasteiger partial charge in [-0.05, 0) is 26.2 Å². The van der Waals surface area contributed by atoms with Crippen LogP contribution in [0.3, 0.4) is 0 Å². The lowest BCUT2D eigenvalue weighted by Crippen LogP contribution is -2.21. The van der Waals surface area contributed by atoms with Crippen molar-refractivity contribution >= 4 is 5.97 Å². The van der Waals surface area contributed by atoms with E-state index in [0.29, 0.717) is 12.5 Å². The highest BCUT2D eigenvalue weighted by molar-refractivity contribution is 5.79. The Morgan fingerprint density at radius 2 is 2.23 bits per heavy atom. The van der Waals surface area contributed by atoms with E-state index in [0.717, 1.165) is 6.42 Å². The molecular weight excluding hydrogens is 168 g/mol. The Hall–Kier alpha value is -0.570. The molecule has 3 heteroatoms. The fourth-order valence-electron chi connectivity index (χ4n) is 1.72. The van der Waals surface area contributed by atoms with Crippen molar-refractivity contribution < 1.29 is 14.3 Å². The van der Waals surface area contributed by atoms with Gasteiger partial charge in [-0.1, -0.05) is 13.8 Å². The van der Waals surface area contributed by atoms with Crippen LogP contribution in [0.2, 0.25) is 0 Å². The smallest absolute Gasteiger partial charge is 0.338 e. The molecule has 2 atom stereocenters. The van der Waals surface area contributed by atoms with E-state index in [9.17, 15) is 4.79 Å². The topological polar surface area (TPSA) is 38.8 Å². The van der Waals surface area contributed by atoms with Gasteiger partial charge >= 0.3 is 5.97 Å². The van der Waals surface area contributed by atoms with E-state index in [1.165, 1.54) is 0 Å². The zero-order chi connectivity index (χ0) is 10.1. The first-order valence-corrected chi connectivity index (χ1v) is 4.84. The maximum Gasteiger partial charge on any atom is 0.338 e. The molecule has 0 aliphatic carbocycles. The zero-order valence-electron chi connectivity index (χ0n) is 8.79. The van der Waals surface area contributed by atoms with Crippen LogP contribution in [0, 0.1) is 5.92 Å². The lowest BCUT2D eigenvalue weighted by atomic mass is 9.96. The van der Waals surface area contributed by atoms with E-state index in [1.807, 2.05) is 6.92 Å². The number of carbonyl (C=O) groups is 1. The summed E-state index contributed by atoms with van der Waals surface area (Å²) in [5.74, 6) is 0.329. The summed E-state index contributed by atoms with van der Waals surface area (Å²) >= 11 is 0. The Bertz CT molecular complexity index is 200. The summed E-state index contributed by atoms with van der Waals surface area (Å²) in [6.45, 7) is 8.44. The van der Waals surface area contributed by atoms with Gasteiger partial charge in [0.15, 0.2) is 6.10 Å². The molecule has 1 rings (SSSR count). The molecule has 0 aromatic carbocycles. The quantitative estimate of drug-likeness (QED) is 0.496. The van der Waals surface area contributed by atoms with Crippen molar-refractivity contribution in [3.8, 4) is 0 Å². The largest absolute Gasteiger partial charge is 0.464 e. The maximum atomic E-state index is 11.3. The first-order chi connectivity index (χ1) is 5.99. The normalized spacial score (nSPS) is 31.9. The van der Waals surface area contributed by atoms with Gasteiger partial charge in [0.1, 0.15) is 5.60 Å². The standard InChI is InChI=1S/C10H18O3/c1-5-12-9(11)8-10(4,13-8)6-7(2)3/h7-8H,5-6H2,1-4H3/t8-,10-/m1/s1. The Kier molecular flexibility index (Phi) is 2.96. The van der Waals surface area contributed by atoms with Crippen LogP contribution in [0.1, 0.15) is 34.1 Å². The Balaban J connectivity index is 2.38. The molecule has 1 saturated heterocycles. The van der Waals surface area contributed by atoms with Gasteiger partial charge < -0.3 is 9.47 Å². The number of carbonyl (C=O) groups excluding carboxylic acids is 1. The molecule has 0 spiro atoms. The molecule has 1 aliphatic heterocycles. The van der Waals surface area contributed by atoms with Gasteiger partial charge in [-0.15, -0.1) is 0 Å². The summed E-state index contributed by atoms with van der Waals surface area (Å²) in [6.07, 6.45) is 0.589. The number of esters is 1. The second-order valence-corrected chi connectivity index (χ2v) is 4.16.